The van der Waals surface area contributed by atoms with Gasteiger partial charge in [0.2, 0.25) is 0 Å². The summed E-state index contributed by atoms with van der Waals surface area (Å²) in [5, 5.41) is 7.83. The SMILES string of the molecule is C[C@H](OC(=O)c1nn(C)c(=O)c2ccccc12)C(=O)N[C@@H]1CCCc2ccccc21. The third kappa shape index (κ3) is 3.70. The minimum Gasteiger partial charge on any atom is -0.448 e. The second-order valence-corrected chi connectivity index (χ2v) is 7.52. The number of rotatable bonds is 4. The molecule has 7 heteroatoms. The molecule has 0 unspecified atom stereocenters. The maximum absolute atomic E-state index is 12.7. The third-order valence-electron chi connectivity index (χ3n) is 5.49. The number of aromatic nitrogens is 2. The van der Waals surface area contributed by atoms with Gasteiger partial charge in [-0.3, -0.25) is 9.59 Å². The Hall–Kier alpha value is -3.48. The van der Waals surface area contributed by atoms with Crippen LogP contribution in [0.2, 0.25) is 0 Å². The van der Waals surface area contributed by atoms with Crippen molar-refractivity contribution < 1.29 is 14.3 Å². The van der Waals surface area contributed by atoms with Crippen LogP contribution >= 0.6 is 0 Å². The number of hydrogen-bond acceptors (Lipinski definition) is 5. The topological polar surface area (TPSA) is 90.3 Å². The van der Waals surface area contributed by atoms with Gasteiger partial charge < -0.3 is 10.1 Å². The van der Waals surface area contributed by atoms with E-state index in [2.05, 4.69) is 16.5 Å². The number of ether oxygens (including phenoxy) is 1. The van der Waals surface area contributed by atoms with Crippen LogP contribution in [0.4, 0.5) is 0 Å². The Bertz CT molecular complexity index is 1180. The number of nitrogens with zero attached hydrogens (tertiary/aromatic N) is 2. The Kier molecular flexibility index (Phi) is 5.35. The molecule has 0 aliphatic heterocycles. The van der Waals surface area contributed by atoms with E-state index >= 15 is 0 Å². The van der Waals surface area contributed by atoms with Crippen LogP contribution in [0.25, 0.3) is 10.8 Å². The third-order valence-corrected chi connectivity index (χ3v) is 5.49. The molecule has 0 spiro atoms. The fraction of sp³-hybridized carbons (Fsp3) is 0.304. The fourth-order valence-corrected chi connectivity index (χ4v) is 3.91. The molecule has 7 nitrogen and oxygen atoms in total. The molecular weight excluding hydrogens is 382 g/mol. The molecule has 0 saturated heterocycles. The number of nitrogens with one attached hydrogen (secondary N) is 1. The first-order valence-electron chi connectivity index (χ1n) is 10.0. The molecular formula is C23H23N3O4. The molecule has 3 aromatic rings. The largest absolute Gasteiger partial charge is 0.448 e. The summed E-state index contributed by atoms with van der Waals surface area (Å²) in [6, 6.07) is 14.7. The molecule has 30 heavy (non-hydrogen) atoms. The predicted octanol–water partition coefficient (Wildman–Crippen LogP) is 2.67. The van der Waals surface area contributed by atoms with Crippen molar-refractivity contribution in [2.24, 2.45) is 7.05 Å². The van der Waals surface area contributed by atoms with Crippen LogP contribution in [0.5, 0.6) is 0 Å². The van der Waals surface area contributed by atoms with E-state index < -0.39 is 12.1 Å². The highest BCUT2D eigenvalue weighted by atomic mass is 16.5. The number of hydrogen-bond donors (Lipinski definition) is 1. The summed E-state index contributed by atoms with van der Waals surface area (Å²) in [5.74, 6) is -1.10. The smallest absolute Gasteiger partial charge is 0.360 e. The Morgan fingerprint density at radius 3 is 2.63 bits per heavy atom. The average Bonchev–Trinajstić information content (AvgIpc) is 2.76. The summed E-state index contributed by atoms with van der Waals surface area (Å²) in [5.41, 5.74) is 2.06. The van der Waals surface area contributed by atoms with Gasteiger partial charge in [0, 0.05) is 12.4 Å². The van der Waals surface area contributed by atoms with Crippen LogP contribution in [-0.4, -0.2) is 27.8 Å². The van der Waals surface area contributed by atoms with Gasteiger partial charge >= 0.3 is 5.97 Å². The molecule has 1 heterocycles. The zero-order valence-electron chi connectivity index (χ0n) is 16.9. The predicted molar refractivity (Wildman–Crippen MR) is 112 cm³/mol. The highest BCUT2D eigenvalue weighted by Gasteiger charge is 2.27. The van der Waals surface area contributed by atoms with Gasteiger partial charge in [0.1, 0.15) is 0 Å². The zero-order valence-corrected chi connectivity index (χ0v) is 16.9. The number of benzene rings is 2. The zero-order chi connectivity index (χ0) is 21.3. The van der Waals surface area contributed by atoms with E-state index in [1.165, 1.54) is 19.5 Å². The van der Waals surface area contributed by atoms with Gasteiger partial charge in [-0.2, -0.15) is 5.10 Å². The quantitative estimate of drug-likeness (QED) is 0.674. The fourth-order valence-electron chi connectivity index (χ4n) is 3.91. The molecule has 1 N–H and O–H groups in total. The van der Waals surface area contributed by atoms with Crippen LogP contribution in [-0.2, 0) is 23.0 Å². The van der Waals surface area contributed by atoms with Crippen LogP contribution in [0.3, 0.4) is 0 Å². The second kappa shape index (κ2) is 8.10. The molecule has 0 radical (unpaired) electrons. The summed E-state index contributed by atoms with van der Waals surface area (Å²) in [7, 11) is 1.47. The molecule has 0 saturated carbocycles. The Labute approximate surface area is 173 Å². The van der Waals surface area contributed by atoms with Gasteiger partial charge in [0.15, 0.2) is 11.8 Å². The number of amides is 1. The van der Waals surface area contributed by atoms with Crippen LogP contribution < -0.4 is 10.9 Å². The maximum atomic E-state index is 12.7. The van der Waals surface area contributed by atoms with Crippen molar-refractivity contribution in [3.8, 4) is 0 Å². The van der Waals surface area contributed by atoms with Gasteiger partial charge in [0.25, 0.3) is 11.5 Å². The monoisotopic (exact) mass is 405 g/mol. The normalized spacial score (nSPS) is 16.5. The van der Waals surface area contributed by atoms with Crippen molar-refractivity contribution in [2.45, 2.75) is 38.3 Å². The first kappa shape index (κ1) is 19.8. The lowest BCUT2D eigenvalue weighted by molar-refractivity contribution is -0.130. The summed E-state index contributed by atoms with van der Waals surface area (Å²) in [4.78, 5) is 37.7. The van der Waals surface area contributed by atoms with Gasteiger partial charge in [-0.15, -0.1) is 0 Å². The molecule has 1 aliphatic carbocycles. The Morgan fingerprint density at radius 2 is 1.83 bits per heavy atom. The average molecular weight is 405 g/mol. The number of fused-ring (bicyclic) bond motifs is 2. The van der Waals surface area contributed by atoms with Crippen molar-refractivity contribution >= 4 is 22.6 Å². The Morgan fingerprint density at radius 1 is 1.13 bits per heavy atom. The summed E-state index contributed by atoms with van der Waals surface area (Å²) < 4.78 is 6.50. The Balaban J connectivity index is 1.51. The molecule has 0 bridgehead atoms. The van der Waals surface area contributed by atoms with Crippen molar-refractivity contribution in [1.82, 2.24) is 15.1 Å². The van der Waals surface area contributed by atoms with Crippen molar-refractivity contribution in [1.29, 1.82) is 0 Å². The van der Waals surface area contributed by atoms with E-state index in [1.54, 1.807) is 24.3 Å². The number of carbonyl (C=O) groups excluding carboxylic acids is 2. The molecule has 2 atom stereocenters. The van der Waals surface area contributed by atoms with Gasteiger partial charge in [0.05, 0.1) is 11.4 Å². The lowest BCUT2D eigenvalue weighted by Gasteiger charge is -2.27. The minimum atomic E-state index is -0.996. The molecule has 154 valence electrons. The summed E-state index contributed by atoms with van der Waals surface area (Å²) in [6.07, 6.45) is 1.84. The van der Waals surface area contributed by atoms with Gasteiger partial charge in [-0.1, -0.05) is 42.5 Å². The minimum absolute atomic E-state index is 0.00959. The molecule has 2 aromatic carbocycles. The van der Waals surface area contributed by atoms with Gasteiger partial charge in [-0.05, 0) is 43.4 Å². The van der Waals surface area contributed by atoms with Crippen molar-refractivity contribution in [3.63, 3.8) is 0 Å². The van der Waals surface area contributed by atoms with Gasteiger partial charge in [-0.25, -0.2) is 9.48 Å². The maximum Gasteiger partial charge on any atom is 0.360 e. The van der Waals surface area contributed by atoms with E-state index in [4.69, 9.17) is 4.74 Å². The van der Waals surface area contributed by atoms with E-state index in [-0.39, 0.29) is 23.2 Å². The van der Waals surface area contributed by atoms with E-state index in [1.807, 2.05) is 18.2 Å². The summed E-state index contributed by atoms with van der Waals surface area (Å²) >= 11 is 0. The standard InChI is InChI=1S/C23H23N3O4/c1-14(21(27)24-19-13-7-9-15-8-3-4-10-16(15)19)30-23(29)20-17-11-5-6-12-18(17)22(28)26(2)25-20/h3-6,8,10-12,14,19H,7,9,13H2,1-2H3,(H,24,27)/t14-,19+/m0/s1. The molecule has 4 rings (SSSR count). The first-order chi connectivity index (χ1) is 14.5. The van der Waals surface area contributed by atoms with Crippen molar-refractivity contribution in [2.75, 3.05) is 0 Å². The van der Waals surface area contributed by atoms with E-state index in [0.29, 0.717) is 10.8 Å². The highest BCUT2D eigenvalue weighted by molar-refractivity contribution is 6.02. The lowest BCUT2D eigenvalue weighted by Crippen LogP contribution is -2.39. The highest BCUT2D eigenvalue weighted by Crippen LogP contribution is 2.29. The first-order valence-corrected chi connectivity index (χ1v) is 10.0. The van der Waals surface area contributed by atoms with Crippen LogP contribution in [0.1, 0.15) is 47.4 Å². The van der Waals surface area contributed by atoms with Crippen molar-refractivity contribution in [3.05, 3.63) is 75.7 Å². The molecule has 1 aliphatic rings. The van der Waals surface area contributed by atoms with E-state index in [0.717, 1.165) is 29.5 Å². The molecule has 0 fully saturated rings. The summed E-state index contributed by atoms with van der Waals surface area (Å²) in [6.45, 7) is 1.53. The number of carbonyl (C=O) groups is 2. The molecule has 1 amide bonds. The number of esters is 1. The molecule has 1 aromatic heterocycles. The van der Waals surface area contributed by atoms with Crippen LogP contribution in [0.15, 0.2) is 53.3 Å². The number of aryl methyl sites for hydroxylation is 2. The van der Waals surface area contributed by atoms with E-state index in [9.17, 15) is 14.4 Å². The lowest BCUT2D eigenvalue weighted by atomic mass is 9.87. The second-order valence-electron chi connectivity index (χ2n) is 7.52. The van der Waals surface area contributed by atoms with Crippen LogP contribution in [0, 0.1) is 0 Å².